The number of likely N-dealkylation sites (N-methyl/N-ethyl adjacent to an activating group) is 1. The Bertz CT molecular complexity index is 476. The van der Waals surface area contributed by atoms with Gasteiger partial charge in [-0.2, -0.15) is 0 Å². The second-order valence-electron chi connectivity index (χ2n) is 5.25. The number of piperidine rings is 1. The Kier molecular flexibility index (Phi) is 4.04. The summed E-state index contributed by atoms with van der Waals surface area (Å²) in [4.78, 5) is 16.3. The van der Waals surface area contributed by atoms with E-state index in [1.165, 1.54) is 18.2 Å². The molecule has 1 aliphatic heterocycles. The molecule has 0 spiro atoms. The van der Waals surface area contributed by atoms with E-state index in [0.717, 1.165) is 19.4 Å². The Morgan fingerprint density at radius 2 is 2.21 bits per heavy atom. The summed E-state index contributed by atoms with van der Waals surface area (Å²) >= 11 is 0. The van der Waals surface area contributed by atoms with Crippen molar-refractivity contribution < 1.29 is 9.18 Å². The van der Waals surface area contributed by atoms with Crippen molar-refractivity contribution in [3.05, 3.63) is 29.6 Å². The molecule has 0 saturated carbocycles. The molecule has 5 heteroatoms. The maximum Gasteiger partial charge on any atom is 0.253 e. The first-order valence-corrected chi connectivity index (χ1v) is 6.50. The van der Waals surface area contributed by atoms with Crippen LogP contribution in [0.15, 0.2) is 18.2 Å². The Balaban J connectivity index is 2.12. The number of halogens is 1. The molecular formula is C14H20FN3O. The molecule has 4 nitrogen and oxygen atoms in total. The van der Waals surface area contributed by atoms with Crippen LogP contribution in [0.3, 0.4) is 0 Å². The molecule has 1 fully saturated rings. The first-order valence-electron chi connectivity index (χ1n) is 6.50. The highest BCUT2D eigenvalue weighted by molar-refractivity contribution is 5.95. The summed E-state index contributed by atoms with van der Waals surface area (Å²) in [6, 6.07) is 4.54. The molecule has 0 aromatic heterocycles. The first kappa shape index (κ1) is 13.8. The highest BCUT2D eigenvalue weighted by Crippen LogP contribution is 2.18. The van der Waals surface area contributed by atoms with Gasteiger partial charge in [0.1, 0.15) is 5.82 Å². The fourth-order valence-corrected chi connectivity index (χ4v) is 2.42. The zero-order valence-electron chi connectivity index (χ0n) is 11.4. The number of likely N-dealkylation sites (tertiary alicyclic amines) is 1. The minimum absolute atomic E-state index is 0.0204. The van der Waals surface area contributed by atoms with Gasteiger partial charge in [-0.15, -0.1) is 0 Å². The van der Waals surface area contributed by atoms with Crippen LogP contribution in [0.2, 0.25) is 0 Å². The lowest BCUT2D eigenvalue weighted by Gasteiger charge is -2.36. The van der Waals surface area contributed by atoms with Gasteiger partial charge in [-0.25, -0.2) is 4.39 Å². The van der Waals surface area contributed by atoms with E-state index in [4.69, 9.17) is 5.73 Å². The van der Waals surface area contributed by atoms with Gasteiger partial charge in [-0.3, -0.25) is 4.79 Å². The van der Waals surface area contributed by atoms with Crippen molar-refractivity contribution >= 4 is 11.6 Å². The lowest BCUT2D eigenvalue weighted by molar-refractivity contribution is 0.0635. The van der Waals surface area contributed by atoms with Gasteiger partial charge in [-0.05, 0) is 45.1 Å². The lowest BCUT2D eigenvalue weighted by atomic mass is 10.0. The summed E-state index contributed by atoms with van der Waals surface area (Å²) < 4.78 is 13.1. The van der Waals surface area contributed by atoms with E-state index < -0.39 is 5.82 Å². The van der Waals surface area contributed by atoms with Crippen LogP contribution in [0, 0.1) is 5.82 Å². The van der Waals surface area contributed by atoms with Crippen molar-refractivity contribution in [1.82, 2.24) is 9.80 Å². The van der Waals surface area contributed by atoms with E-state index >= 15 is 0 Å². The Morgan fingerprint density at radius 3 is 2.84 bits per heavy atom. The monoisotopic (exact) mass is 265 g/mol. The summed E-state index contributed by atoms with van der Waals surface area (Å²) in [6.45, 7) is 1.46. The van der Waals surface area contributed by atoms with Gasteiger partial charge in [0.05, 0.1) is 5.69 Å². The van der Waals surface area contributed by atoms with Crippen molar-refractivity contribution in [2.24, 2.45) is 0 Å². The molecule has 2 N–H and O–H groups in total. The second-order valence-corrected chi connectivity index (χ2v) is 5.25. The predicted octanol–water partition coefficient (Wildman–Crippen LogP) is 1.57. The van der Waals surface area contributed by atoms with Crippen LogP contribution >= 0.6 is 0 Å². The molecule has 104 valence electrons. The lowest BCUT2D eigenvalue weighted by Crippen LogP contribution is -2.47. The van der Waals surface area contributed by atoms with E-state index in [1.54, 1.807) is 0 Å². The smallest absolute Gasteiger partial charge is 0.253 e. The van der Waals surface area contributed by atoms with Crippen molar-refractivity contribution in [3.8, 4) is 0 Å². The molecule has 1 aromatic rings. The highest BCUT2D eigenvalue weighted by Gasteiger charge is 2.25. The number of hydrogen-bond acceptors (Lipinski definition) is 3. The maximum absolute atomic E-state index is 13.1. The van der Waals surface area contributed by atoms with Crippen molar-refractivity contribution in [2.45, 2.75) is 18.9 Å². The normalized spacial score (nSPS) is 19.8. The molecule has 1 saturated heterocycles. The number of hydrogen-bond donors (Lipinski definition) is 1. The molecule has 1 amide bonds. The topological polar surface area (TPSA) is 49.6 Å². The van der Waals surface area contributed by atoms with Crippen LogP contribution in [-0.4, -0.2) is 48.9 Å². The molecule has 0 aliphatic carbocycles. The van der Waals surface area contributed by atoms with E-state index in [2.05, 4.69) is 4.90 Å². The summed E-state index contributed by atoms with van der Waals surface area (Å²) in [5.74, 6) is -0.556. The van der Waals surface area contributed by atoms with E-state index in [0.29, 0.717) is 18.2 Å². The molecular weight excluding hydrogens is 245 g/mol. The third-order valence-electron chi connectivity index (χ3n) is 3.66. The van der Waals surface area contributed by atoms with Gasteiger partial charge in [0.2, 0.25) is 0 Å². The van der Waals surface area contributed by atoms with Crippen LogP contribution in [-0.2, 0) is 0 Å². The summed E-state index contributed by atoms with van der Waals surface area (Å²) in [5, 5.41) is 0. The third-order valence-corrected chi connectivity index (χ3v) is 3.66. The van der Waals surface area contributed by atoms with Crippen LogP contribution in [0.5, 0.6) is 0 Å². The molecule has 1 heterocycles. The summed E-state index contributed by atoms with van der Waals surface area (Å²) in [7, 11) is 4.04. The molecule has 2 rings (SSSR count). The summed E-state index contributed by atoms with van der Waals surface area (Å²) in [6.07, 6.45) is 2.09. The number of nitrogens with zero attached hydrogens (tertiary/aromatic N) is 2. The van der Waals surface area contributed by atoms with E-state index in [9.17, 15) is 9.18 Å². The second kappa shape index (κ2) is 5.57. The van der Waals surface area contributed by atoms with Crippen LogP contribution in [0.4, 0.5) is 10.1 Å². The number of rotatable bonds is 2. The number of nitrogens with two attached hydrogens (primary N) is 1. The predicted molar refractivity (Wildman–Crippen MR) is 73.4 cm³/mol. The average molecular weight is 265 g/mol. The molecule has 0 radical (unpaired) electrons. The number of carbonyl (C=O) groups is 1. The number of carbonyl (C=O) groups excluding carboxylic acids is 1. The Hall–Kier alpha value is -1.62. The molecule has 1 aromatic carbocycles. The number of amides is 1. The van der Waals surface area contributed by atoms with Crippen molar-refractivity contribution in [2.75, 3.05) is 32.9 Å². The van der Waals surface area contributed by atoms with Crippen molar-refractivity contribution in [3.63, 3.8) is 0 Å². The fourth-order valence-electron chi connectivity index (χ4n) is 2.42. The third kappa shape index (κ3) is 3.04. The fraction of sp³-hybridized carbons (Fsp3) is 0.500. The molecule has 1 atom stereocenters. The Morgan fingerprint density at radius 1 is 1.47 bits per heavy atom. The number of nitrogen functional groups attached to an aromatic ring is 1. The molecule has 0 bridgehead atoms. The first-order chi connectivity index (χ1) is 8.99. The van der Waals surface area contributed by atoms with E-state index in [1.807, 2.05) is 19.0 Å². The zero-order valence-corrected chi connectivity index (χ0v) is 11.4. The van der Waals surface area contributed by atoms with Gasteiger partial charge in [0.25, 0.3) is 5.91 Å². The summed E-state index contributed by atoms with van der Waals surface area (Å²) in [5.41, 5.74) is 5.99. The maximum atomic E-state index is 13.1. The minimum Gasteiger partial charge on any atom is -0.396 e. The SMILES string of the molecule is CN(C)C1CCCN(C(=O)c2ccc(F)c(N)c2)C1. The van der Waals surface area contributed by atoms with E-state index in [-0.39, 0.29) is 11.6 Å². The van der Waals surface area contributed by atoms with Crippen LogP contribution in [0.1, 0.15) is 23.2 Å². The Labute approximate surface area is 113 Å². The molecule has 1 unspecified atom stereocenters. The molecule has 19 heavy (non-hydrogen) atoms. The van der Waals surface area contributed by atoms with Gasteiger partial charge in [-0.1, -0.05) is 0 Å². The number of benzene rings is 1. The van der Waals surface area contributed by atoms with Crippen molar-refractivity contribution in [1.29, 1.82) is 0 Å². The van der Waals surface area contributed by atoms with Crippen LogP contribution < -0.4 is 5.73 Å². The van der Waals surface area contributed by atoms with Gasteiger partial charge in [0.15, 0.2) is 0 Å². The van der Waals surface area contributed by atoms with Gasteiger partial charge < -0.3 is 15.5 Å². The molecule has 1 aliphatic rings. The minimum atomic E-state index is -0.485. The van der Waals surface area contributed by atoms with Gasteiger partial charge >= 0.3 is 0 Å². The quantitative estimate of drug-likeness (QED) is 0.826. The standard InChI is InChI=1S/C14H20FN3O/c1-17(2)11-4-3-7-18(9-11)14(19)10-5-6-12(15)13(16)8-10/h5-6,8,11H,3-4,7,9,16H2,1-2H3. The average Bonchev–Trinajstić information content (AvgIpc) is 2.41. The van der Waals surface area contributed by atoms with Gasteiger partial charge in [0, 0.05) is 24.7 Å². The largest absolute Gasteiger partial charge is 0.396 e. The highest BCUT2D eigenvalue weighted by atomic mass is 19.1. The van der Waals surface area contributed by atoms with Crippen LogP contribution in [0.25, 0.3) is 0 Å². The zero-order chi connectivity index (χ0) is 14.0. The number of anilines is 1.